The fraction of sp³-hybridized carbons (Fsp3) is 0.318. The molecule has 0 aliphatic carbocycles. The van der Waals surface area contributed by atoms with Crippen molar-refractivity contribution in [3.8, 4) is 0 Å². The third kappa shape index (κ3) is 3.84. The lowest BCUT2D eigenvalue weighted by Gasteiger charge is -2.28. The Morgan fingerprint density at radius 3 is 2.70 bits per heavy atom. The molecule has 0 N–H and O–H groups in total. The van der Waals surface area contributed by atoms with Crippen LogP contribution < -0.4 is 0 Å². The highest BCUT2D eigenvalue weighted by molar-refractivity contribution is 7.91. The number of rotatable bonds is 4. The van der Waals surface area contributed by atoms with Crippen molar-refractivity contribution in [2.75, 3.05) is 11.5 Å². The Labute approximate surface area is 179 Å². The molecule has 0 radical (unpaired) electrons. The number of aryl methyl sites for hydroxylation is 2. The highest BCUT2D eigenvalue weighted by Gasteiger charge is 2.37. The molecule has 2 aromatic carbocycles. The van der Waals surface area contributed by atoms with Crippen LogP contribution in [0.5, 0.6) is 0 Å². The molecule has 0 bridgehead atoms. The van der Waals surface area contributed by atoms with E-state index in [4.69, 9.17) is 16.0 Å². The largest absolute Gasteiger partial charge is 0.451 e. The summed E-state index contributed by atoms with van der Waals surface area (Å²) < 4.78 is 44.5. The van der Waals surface area contributed by atoms with E-state index in [1.54, 1.807) is 13.0 Å². The van der Waals surface area contributed by atoms with Crippen molar-refractivity contribution in [3.63, 3.8) is 0 Å². The molecular formula is C22H21ClFNO4S. The fourth-order valence-electron chi connectivity index (χ4n) is 3.91. The molecule has 1 amide bonds. The average molecular weight is 450 g/mol. The number of carbonyl (C=O) groups is 1. The molecule has 1 saturated heterocycles. The van der Waals surface area contributed by atoms with Crippen LogP contribution >= 0.6 is 11.6 Å². The molecular weight excluding hydrogens is 429 g/mol. The summed E-state index contributed by atoms with van der Waals surface area (Å²) in [6.45, 7) is 3.57. The Kier molecular flexibility index (Phi) is 5.36. The molecule has 158 valence electrons. The van der Waals surface area contributed by atoms with Crippen molar-refractivity contribution in [2.45, 2.75) is 32.9 Å². The lowest BCUT2D eigenvalue weighted by molar-refractivity contribution is 0.0647. The number of hydrogen-bond donors (Lipinski definition) is 0. The molecule has 1 atom stereocenters. The molecule has 1 aromatic heterocycles. The summed E-state index contributed by atoms with van der Waals surface area (Å²) in [6.07, 6.45) is 0.290. The zero-order chi connectivity index (χ0) is 21.6. The van der Waals surface area contributed by atoms with Gasteiger partial charge in [-0.15, -0.1) is 0 Å². The molecule has 2 heterocycles. The van der Waals surface area contributed by atoms with E-state index in [0.29, 0.717) is 17.6 Å². The number of sulfone groups is 1. The fourth-order valence-corrected chi connectivity index (χ4v) is 5.86. The highest BCUT2D eigenvalue weighted by Crippen LogP contribution is 2.31. The first-order valence-corrected chi connectivity index (χ1v) is 11.8. The van der Waals surface area contributed by atoms with E-state index < -0.39 is 27.6 Å². The van der Waals surface area contributed by atoms with Gasteiger partial charge in [0.1, 0.15) is 11.4 Å². The minimum atomic E-state index is -3.26. The van der Waals surface area contributed by atoms with Crippen LogP contribution in [0, 0.1) is 19.7 Å². The first-order chi connectivity index (χ1) is 14.2. The number of benzene rings is 2. The van der Waals surface area contributed by atoms with Crippen LogP contribution in [-0.4, -0.2) is 36.8 Å². The van der Waals surface area contributed by atoms with Crippen LogP contribution in [0.4, 0.5) is 4.39 Å². The van der Waals surface area contributed by atoms with Gasteiger partial charge in [0, 0.05) is 27.6 Å². The molecule has 3 aromatic rings. The molecule has 0 spiro atoms. The van der Waals surface area contributed by atoms with Crippen LogP contribution in [0.15, 0.2) is 40.8 Å². The lowest BCUT2D eigenvalue weighted by atomic mass is 10.1. The summed E-state index contributed by atoms with van der Waals surface area (Å²) in [6, 6.07) is 9.38. The van der Waals surface area contributed by atoms with Crippen molar-refractivity contribution >= 4 is 38.3 Å². The van der Waals surface area contributed by atoms with Crippen molar-refractivity contribution in [2.24, 2.45) is 0 Å². The lowest BCUT2D eigenvalue weighted by Crippen LogP contribution is -2.41. The van der Waals surface area contributed by atoms with Gasteiger partial charge in [0.25, 0.3) is 5.91 Å². The van der Waals surface area contributed by atoms with Crippen LogP contribution in [0.25, 0.3) is 11.0 Å². The summed E-state index contributed by atoms with van der Waals surface area (Å²) in [7, 11) is -3.26. The molecule has 4 rings (SSSR count). The SMILES string of the molecule is Cc1ccc2c(C)c(C(=O)N(Cc3c(F)cccc3Cl)[C@H]3CCS(=O)(=O)C3)oc2c1. The minimum absolute atomic E-state index is 0.00917. The maximum atomic E-state index is 14.4. The second-order valence-electron chi connectivity index (χ2n) is 7.75. The maximum Gasteiger partial charge on any atom is 0.290 e. The number of hydrogen-bond acceptors (Lipinski definition) is 4. The van der Waals surface area contributed by atoms with E-state index in [1.165, 1.54) is 17.0 Å². The van der Waals surface area contributed by atoms with Gasteiger partial charge in [-0.25, -0.2) is 12.8 Å². The van der Waals surface area contributed by atoms with Gasteiger partial charge < -0.3 is 9.32 Å². The van der Waals surface area contributed by atoms with Gasteiger partial charge in [0.15, 0.2) is 15.6 Å². The van der Waals surface area contributed by atoms with Gasteiger partial charge in [-0.3, -0.25) is 4.79 Å². The third-order valence-electron chi connectivity index (χ3n) is 5.59. The predicted molar refractivity (Wildman–Crippen MR) is 114 cm³/mol. The van der Waals surface area contributed by atoms with E-state index in [9.17, 15) is 17.6 Å². The Morgan fingerprint density at radius 2 is 2.03 bits per heavy atom. The number of amides is 1. The predicted octanol–water partition coefficient (Wildman–Crippen LogP) is 4.67. The molecule has 1 fully saturated rings. The molecule has 1 aliphatic rings. The highest BCUT2D eigenvalue weighted by atomic mass is 35.5. The van der Waals surface area contributed by atoms with E-state index in [-0.39, 0.29) is 34.4 Å². The Balaban J connectivity index is 1.77. The van der Waals surface area contributed by atoms with E-state index >= 15 is 0 Å². The normalized spacial score (nSPS) is 18.1. The van der Waals surface area contributed by atoms with Gasteiger partial charge in [0.05, 0.1) is 18.1 Å². The standard InChI is InChI=1S/C22H21ClFNO4S/c1-13-6-7-16-14(2)21(29-20(16)10-13)22(26)25(15-8-9-30(27,28)12-15)11-17-18(23)4-3-5-19(17)24/h3-7,10,15H,8-9,11-12H2,1-2H3/t15-/m0/s1. The first kappa shape index (κ1) is 20.9. The number of fused-ring (bicyclic) bond motifs is 1. The van der Waals surface area contributed by atoms with Gasteiger partial charge in [0.2, 0.25) is 0 Å². The monoisotopic (exact) mass is 449 g/mol. The number of furan rings is 1. The van der Waals surface area contributed by atoms with Crippen LogP contribution in [0.1, 0.15) is 33.7 Å². The topological polar surface area (TPSA) is 67.6 Å². The van der Waals surface area contributed by atoms with Crippen LogP contribution in [-0.2, 0) is 16.4 Å². The van der Waals surface area contributed by atoms with Crippen LogP contribution in [0.3, 0.4) is 0 Å². The van der Waals surface area contributed by atoms with Crippen molar-refractivity contribution in [1.82, 2.24) is 4.90 Å². The summed E-state index contributed by atoms with van der Waals surface area (Å²) in [4.78, 5) is 14.9. The Morgan fingerprint density at radius 1 is 1.27 bits per heavy atom. The molecule has 8 heteroatoms. The van der Waals surface area contributed by atoms with E-state index in [2.05, 4.69) is 0 Å². The summed E-state index contributed by atoms with van der Waals surface area (Å²) in [5.74, 6) is -1.05. The van der Waals surface area contributed by atoms with Gasteiger partial charge in [-0.05, 0) is 44.0 Å². The molecule has 0 saturated carbocycles. The van der Waals surface area contributed by atoms with Crippen molar-refractivity contribution < 1.29 is 22.0 Å². The first-order valence-electron chi connectivity index (χ1n) is 9.60. The van der Waals surface area contributed by atoms with Crippen molar-refractivity contribution in [1.29, 1.82) is 0 Å². The molecule has 1 aliphatic heterocycles. The quantitative estimate of drug-likeness (QED) is 0.580. The third-order valence-corrected chi connectivity index (χ3v) is 7.69. The Hall–Kier alpha value is -2.38. The zero-order valence-corrected chi connectivity index (χ0v) is 18.2. The number of carbonyl (C=O) groups excluding carboxylic acids is 1. The minimum Gasteiger partial charge on any atom is -0.451 e. The summed E-state index contributed by atoms with van der Waals surface area (Å²) >= 11 is 6.18. The van der Waals surface area contributed by atoms with Gasteiger partial charge >= 0.3 is 0 Å². The second kappa shape index (κ2) is 7.71. The summed E-state index contributed by atoms with van der Waals surface area (Å²) in [5.41, 5.74) is 2.40. The smallest absolute Gasteiger partial charge is 0.290 e. The number of halogens is 2. The van der Waals surface area contributed by atoms with E-state index in [1.807, 2.05) is 25.1 Å². The van der Waals surface area contributed by atoms with E-state index in [0.717, 1.165) is 10.9 Å². The van der Waals surface area contributed by atoms with Crippen LogP contribution in [0.2, 0.25) is 5.02 Å². The summed E-state index contributed by atoms with van der Waals surface area (Å²) in [5, 5.41) is 0.998. The Bertz CT molecular complexity index is 1230. The van der Waals surface area contributed by atoms with Gasteiger partial charge in [-0.2, -0.15) is 0 Å². The molecule has 5 nitrogen and oxygen atoms in total. The molecule has 0 unspecified atom stereocenters. The van der Waals surface area contributed by atoms with Crippen molar-refractivity contribution in [3.05, 3.63) is 69.7 Å². The average Bonchev–Trinajstić information content (AvgIpc) is 3.20. The number of nitrogens with zero attached hydrogens (tertiary/aromatic N) is 1. The maximum absolute atomic E-state index is 14.4. The molecule has 30 heavy (non-hydrogen) atoms. The second-order valence-corrected chi connectivity index (χ2v) is 10.4. The zero-order valence-electron chi connectivity index (χ0n) is 16.6. The van der Waals surface area contributed by atoms with Gasteiger partial charge in [-0.1, -0.05) is 29.8 Å².